The minimum Gasteiger partial charge on any atom is -0.383 e. The fourth-order valence-corrected chi connectivity index (χ4v) is 2.34. The second kappa shape index (κ2) is 6.88. The van der Waals surface area contributed by atoms with E-state index in [0.717, 1.165) is 40.8 Å². The third-order valence-corrected chi connectivity index (χ3v) is 3.44. The summed E-state index contributed by atoms with van der Waals surface area (Å²) in [6.07, 6.45) is 0. The lowest BCUT2D eigenvalue weighted by molar-refractivity contribution is 0.199. The molecule has 108 valence electrons. The van der Waals surface area contributed by atoms with Crippen molar-refractivity contribution in [3.8, 4) is 5.69 Å². The number of ether oxygens (including phenoxy) is 1. The largest absolute Gasteiger partial charge is 0.383 e. The van der Waals surface area contributed by atoms with Gasteiger partial charge in [0.25, 0.3) is 0 Å². The van der Waals surface area contributed by atoms with Gasteiger partial charge >= 0.3 is 0 Å². The van der Waals surface area contributed by atoms with Crippen LogP contribution in [-0.2, 0) is 11.3 Å². The molecule has 0 amide bonds. The SMILES string of the molecule is COCCNCc1ccc(-n2nc(C)cc2C)cc1Cl. The van der Waals surface area contributed by atoms with Gasteiger partial charge in [0.05, 0.1) is 18.0 Å². The second-order valence-electron chi connectivity index (χ2n) is 4.78. The van der Waals surface area contributed by atoms with Crippen molar-refractivity contribution >= 4 is 11.6 Å². The molecule has 0 fully saturated rings. The molecule has 1 aromatic heterocycles. The predicted molar refractivity (Wildman–Crippen MR) is 81.6 cm³/mol. The van der Waals surface area contributed by atoms with Gasteiger partial charge in [0.15, 0.2) is 0 Å². The summed E-state index contributed by atoms with van der Waals surface area (Å²) in [6, 6.07) is 8.08. The molecule has 1 N–H and O–H groups in total. The van der Waals surface area contributed by atoms with Gasteiger partial charge in [0, 0.05) is 30.9 Å². The van der Waals surface area contributed by atoms with Crippen molar-refractivity contribution in [2.45, 2.75) is 20.4 Å². The van der Waals surface area contributed by atoms with E-state index < -0.39 is 0 Å². The van der Waals surface area contributed by atoms with Gasteiger partial charge < -0.3 is 10.1 Å². The molecule has 4 nitrogen and oxygen atoms in total. The highest BCUT2D eigenvalue weighted by Gasteiger charge is 2.07. The molecular weight excluding hydrogens is 274 g/mol. The minimum atomic E-state index is 0.696. The Morgan fingerprint density at radius 2 is 2.10 bits per heavy atom. The van der Waals surface area contributed by atoms with Crippen LogP contribution in [0.2, 0.25) is 5.02 Å². The zero-order chi connectivity index (χ0) is 14.5. The Kier molecular flexibility index (Phi) is 5.17. The quantitative estimate of drug-likeness (QED) is 0.833. The van der Waals surface area contributed by atoms with Crippen molar-refractivity contribution in [3.05, 3.63) is 46.2 Å². The van der Waals surface area contributed by atoms with Crippen LogP contribution in [0.3, 0.4) is 0 Å². The van der Waals surface area contributed by atoms with Crippen molar-refractivity contribution in [2.75, 3.05) is 20.3 Å². The molecular formula is C15H20ClN3O. The normalized spacial score (nSPS) is 11.0. The van der Waals surface area contributed by atoms with E-state index in [-0.39, 0.29) is 0 Å². The standard InChI is InChI=1S/C15H20ClN3O/c1-11-8-12(2)19(18-11)14-5-4-13(15(16)9-14)10-17-6-7-20-3/h4-5,8-9,17H,6-7,10H2,1-3H3. The Hall–Kier alpha value is -1.36. The molecule has 0 unspecified atom stereocenters. The average Bonchev–Trinajstić information content (AvgIpc) is 2.75. The Balaban J connectivity index is 2.11. The molecule has 1 heterocycles. The summed E-state index contributed by atoms with van der Waals surface area (Å²) in [4.78, 5) is 0. The summed E-state index contributed by atoms with van der Waals surface area (Å²) in [5.41, 5.74) is 4.17. The van der Waals surface area contributed by atoms with Crippen molar-refractivity contribution in [2.24, 2.45) is 0 Å². The zero-order valence-electron chi connectivity index (χ0n) is 12.1. The second-order valence-corrected chi connectivity index (χ2v) is 5.19. The first-order valence-corrected chi connectivity index (χ1v) is 7.01. The predicted octanol–water partition coefficient (Wildman–Crippen LogP) is 2.88. The van der Waals surface area contributed by atoms with E-state index in [4.69, 9.17) is 16.3 Å². The molecule has 0 atom stereocenters. The first kappa shape index (κ1) is 15.0. The Bertz CT molecular complexity index is 580. The van der Waals surface area contributed by atoms with Crippen molar-refractivity contribution in [3.63, 3.8) is 0 Å². The van der Waals surface area contributed by atoms with Gasteiger partial charge in [-0.2, -0.15) is 5.10 Å². The molecule has 0 radical (unpaired) electrons. The molecule has 1 aromatic carbocycles. The van der Waals surface area contributed by atoms with E-state index in [1.165, 1.54) is 0 Å². The summed E-state index contributed by atoms with van der Waals surface area (Å²) < 4.78 is 6.90. The van der Waals surface area contributed by atoms with E-state index in [0.29, 0.717) is 6.61 Å². The Labute approximate surface area is 124 Å². The number of hydrogen-bond donors (Lipinski definition) is 1. The van der Waals surface area contributed by atoms with Crippen molar-refractivity contribution in [1.29, 1.82) is 0 Å². The van der Waals surface area contributed by atoms with Crippen LogP contribution in [0.1, 0.15) is 17.0 Å². The molecule has 5 heteroatoms. The first-order chi connectivity index (χ1) is 9.61. The van der Waals surface area contributed by atoms with Crippen molar-refractivity contribution in [1.82, 2.24) is 15.1 Å². The number of aromatic nitrogens is 2. The van der Waals surface area contributed by atoms with E-state index in [1.807, 2.05) is 42.8 Å². The molecule has 0 bridgehead atoms. The molecule has 0 spiro atoms. The zero-order valence-corrected chi connectivity index (χ0v) is 12.9. The maximum absolute atomic E-state index is 6.34. The molecule has 0 aliphatic rings. The van der Waals surface area contributed by atoms with Crippen LogP contribution in [0.15, 0.2) is 24.3 Å². The maximum atomic E-state index is 6.34. The van der Waals surface area contributed by atoms with Gasteiger partial charge in [-0.1, -0.05) is 17.7 Å². The molecule has 0 aliphatic heterocycles. The molecule has 0 saturated heterocycles. The highest BCUT2D eigenvalue weighted by atomic mass is 35.5. The monoisotopic (exact) mass is 293 g/mol. The summed E-state index contributed by atoms with van der Waals surface area (Å²) >= 11 is 6.34. The van der Waals surface area contributed by atoms with Gasteiger partial charge in [0.2, 0.25) is 0 Å². The van der Waals surface area contributed by atoms with Gasteiger partial charge in [-0.05, 0) is 37.6 Å². The number of methoxy groups -OCH3 is 1. The number of rotatable bonds is 6. The molecule has 0 aliphatic carbocycles. The van der Waals surface area contributed by atoms with E-state index in [9.17, 15) is 0 Å². The average molecular weight is 294 g/mol. The highest BCUT2D eigenvalue weighted by molar-refractivity contribution is 6.31. The number of aryl methyl sites for hydroxylation is 2. The van der Waals surface area contributed by atoms with Crippen LogP contribution in [-0.4, -0.2) is 30.0 Å². The molecule has 0 saturated carbocycles. The number of hydrogen-bond acceptors (Lipinski definition) is 3. The molecule has 2 aromatic rings. The number of nitrogens with one attached hydrogen (secondary N) is 1. The summed E-state index contributed by atoms with van der Waals surface area (Å²) in [5, 5.41) is 8.50. The lowest BCUT2D eigenvalue weighted by Gasteiger charge is -2.09. The lowest BCUT2D eigenvalue weighted by atomic mass is 10.2. The smallest absolute Gasteiger partial charge is 0.0663 e. The number of benzene rings is 1. The van der Waals surface area contributed by atoms with E-state index in [1.54, 1.807) is 7.11 Å². The summed E-state index contributed by atoms with van der Waals surface area (Å²) in [7, 11) is 1.69. The van der Waals surface area contributed by atoms with Gasteiger partial charge in [0.1, 0.15) is 0 Å². The first-order valence-electron chi connectivity index (χ1n) is 6.63. The topological polar surface area (TPSA) is 39.1 Å². The third kappa shape index (κ3) is 3.60. The maximum Gasteiger partial charge on any atom is 0.0663 e. The van der Waals surface area contributed by atoms with Crippen LogP contribution in [0, 0.1) is 13.8 Å². The summed E-state index contributed by atoms with van der Waals surface area (Å²) in [5.74, 6) is 0. The minimum absolute atomic E-state index is 0.696. The van der Waals surface area contributed by atoms with Gasteiger partial charge in [-0.3, -0.25) is 0 Å². The van der Waals surface area contributed by atoms with Crippen LogP contribution < -0.4 is 5.32 Å². The van der Waals surface area contributed by atoms with Gasteiger partial charge in [-0.25, -0.2) is 4.68 Å². The van der Waals surface area contributed by atoms with Gasteiger partial charge in [-0.15, -0.1) is 0 Å². The van der Waals surface area contributed by atoms with E-state index >= 15 is 0 Å². The van der Waals surface area contributed by atoms with E-state index in [2.05, 4.69) is 10.4 Å². The molecule has 2 rings (SSSR count). The third-order valence-electron chi connectivity index (χ3n) is 3.09. The van der Waals surface area contributed by atoms with Crippen LogP contribution in [0.25, 0.3) is 5.69 Å². The van der Waals surface area contributed by atoms with Crippen LogP contribution in [0.5, 0.6) is 0 Å². The molecule has 20 heavy (non-hydrogen) atoms. The van der Waals surface area contributed by atoms with Crippen LogP contribution >= 0.6 is 11.6 Å². The summed E-state index contributed by atoms with van der Waals surface area (Å²) in [6.45, 7) is 6.26. The Morgan fingerprint density at radius 3 is 2.70 bits per heavy atom. The number of halogens is 1. The lowest BCUT2D eigenvalue weighted by Crippen LogP contribution is -2.18. The fraction of sp³-hybridized carbons (Fsp3) is 0.400. The number of nitrogens with zero attached hydrogens (tertiary/aromatic N) is 2. The highest BCUT2D eigenvalue weighted by Crippen LogP contribution is 2.21. The van der Waals surface area contributed by atoms with Crippen LogP contribution in [0.4, 0.5) is 0 Å². The fourth-order valence-electron chi connectivity index (χ4n) is 2.10. The Morgan fingerprint density at radius 1 is 1.30 bits per heavy atom. The van der Waals surface area contributed by atoms with Crippen molar-refractivity contribution < 1.29 is 4.74 Å².